The molecule has 0 aliphatic heterocycles. The van der Waals surface area contributed by atoms with Gasteiger partial charge in [-0.1, -0.05) is 30.3 Å². The quantitative estimate of drug-likeness (QED) is 0.690. The number of anilines is 1. The summed E-state index contributed by atoms with van der Waals surface area (Å²) in [5, 5.41) is 9.09. The molecular formula is C19H22N2O2. The van der Waals surface area contributed by atoms with Gasteiger partial charge in [0.1, 0.15) is 5.52 Å². The molecule has 3 aromatic rings. The van der Waals surface area contributed by atoms with Crippen LogP contribution in [-0.2, 0) is 6.42 Å². The van der Waals surface area contributed by atoms with Gasteiger partial charge in [0.15, 0.2) is 11.5 Å². The maximum Gasteiger partial charge on any atom is 0.195 e. The molecule has 0 aliphatic carbocycles. The number of aromatic nitrogens is 1. The number of aliphatic hydroxyl groups excluding tert-OH is 1. The zero-order chi connectivity index (χ0) is 15.9. The van der Waals surface area contributed by atoms with Crippen molar-refractivity contribution in [2.75, 3.05) is 24.6 Å². The van der Waals surface area contributed by atoms with Crippen molar-refractivity contribution in [1.29, 1.82) is 0 Å². The Hall–Kier alpha value is -2.33. The summed E-state index contributed by atoms with van der Waals surface area (Å²) in [7, 11) is 0. The Morgan fingerprint density at radius 3 is 2.43 bits per heavy atom. The standard InChI is InChI=1S/C19H22N2O2/c22-15-7-14-21(16-8-2-1-3-9-16)13-6-12-19-20-17-10-4-5-11-18(17)23-19/h1-5,8-11,22H,6-7,12-15H2. The lowest BCUT2D eigenvalue weighted by molar-refractivity contribution is 0.289. The first kappa shape index (κ1) is 15.6. The van der Waals surface area contributed by atoms with Gasteiger partial charge in [-0.3, -0.25) is 0 Å². The number of nitrogens with zero attached hydrogens (tertiary/aromatic N) is 2. The van der Waals surface area contributed by atoms with E-state index in [1.807, 2.05) is 42.5 Å². The number of hydrogen-bond acceptors (Lipinski definition) is 4. The molecule has 2 aromatic carbocycles. The minimum atomic E-state index is 0.217. The number of para-hydroxylation sites is 3. The van der Waals surface area contributed by atoms with Gasteiger partial charge in [-0.25, -0.2) is 4.98 Å². The Balaban J connectivity index is 1.59. The van der Waals surface area contributed by atoms with Gasteiger partial charge in [0.25, 0.3) is 0 Å². The molecule has 0 atom stereocenters. The molecule has 0 spiro atoms. The van der Waals surface area contributed by atoms with E-state index in [2.05, 4.69) is 22.0 Å². The number of rotatable bonds is 8. The SMILES string of the molecule is OCCCN(CCCc1nc2ccccc2o1)c1ccccc1. The summed E-state index contributed by atoms with van der Waals surface area (Å²) >= 11 is 0. The van der Waals surface area contributed by atoms with Crippen LogP contribution in [0.15, 0.2) is 59.0 Å². The lowest BCUT2D eigenvalue weighted by atomic mass is 10.2. The van der Waals surface area contributed by atoms with E-state index < -0.39 is 0 Å². The predicted octanol–water partition coefficient (Wildman–Crippen LogP) is 3.65. The molecule has 23 heavy (non-hydrogen) atoms. The molecule has 0 fully saturated rings. The second-order valence-electron chi connectivity index (χ2n) is 5.58. The van der Waals surface area contributed by atoms with E-state index in [0.717, 1.165) is 49.3 Å². The van der Waals surface area contributed by atoms with Gasteiger partial charge in [0.2, 0.25) is 0 Å². The Morgan fingerprint density at radius 1 is 0.913 bits per heavy atom. The Kier molecular flexibility index (Phi) is 5.27. The predicted molar refractivity (Wildman–Crippen MR) is 92.7 cm³/mol. The maximum atomic E-state index is 9.09. The van der Waals surface area contributed by atoms with Gasteiger partial charge in [-0.2, -0.15) is 0 Å². The van der Waals surface area contributed by atoms with Crippen molar-refractivity contribution >= 4 is 16.8 Å². The lowest BCUT2D eigenvalue weighted by Gasteiger charge is -2.24. The number of hydrogen-bond donors (Lipinski definition) is 1. The van der Waals surface area contributed by atoms with Gasteiger partial charge in [0, 0.05) is 31.8 Å². The van der Waals surface area contributed by atoms with Crippen molar-refractivity contribution in [2.24, 2.45) is 0 Å². The first-order valence-electron chi connectivity index (χ1n) is 8.12. The van der Waals surface area contributed by atoms with Crippen LogP contribution in [0.2, 0.25) is 0 Å². The van der Waals surface area contributed by atoms with E-state index in [0.29, 0.717) is 0 Å². The topological polar surface area (TPSA) is 49.5 Å². The fraction of sp³-hybridized carbons (Fsp3) is 0.316. The van der Waals surface area contributed by atoms with Gasteiger partial charge in [0.05, 0.1) is 0 Å². The summed E-state index contributed by atoms with van der Waals surface area (Å²) in [5.41, 5.74) is 2.96. The molecule has 1 heterocycles. The molecule has 4 nitrogen and oxygen atoms in total. The van der Waals surface area contributed by atoms with Crippen LogP contribution < -0.4 is 4.90 Å². The zero-order valence-corrected chi connectivity index (χ0v) is 13.2. The highest BCUT2D eigenvalue weighted by atomic mass is 16.3. The molecule has 0 radical (unpaired) electrons. The number of benzene rings is 2. The number of aryl methyl sites for hydroxylation is 1. The molecule has 3 rings (SSSR count). The van der Waals surface area contributed by atoms with Gasteiger partial charge in [-0.15, -0.1) is 0 Å². The highest BCUT2D eigenvalue weighted by Crippen LogP contribution is 2.17. The summed E-state index contributed by atoms with van der Waals surface area (Å²) in [4.78, 5) is 6.82. The molecule has 1 aromatic heterocycles. The third-order valence-electron chi connectivity index (χ3n) is 3.86. The van der Waals surface area contributed by atoms with Crippen LogP contribution in [0.3, 0.4) is 0 Å². The van der Waals surface area contributed by atoms with E-state index in [9.17, 15) is 0 Å². The first-order chi connectivity index (χ1) is 11.4. The van der Waals surface area contributed by atoms with E-state index in [-0.39, 0.29) is 6.61 Å². The van der Waals surface area contributed by atoms with Crippen LogP contribution in [0.25, 0.3) is 11.1 Å². The van der Waals surface area contributed by atoms with E-state index >= 15 is 0 Å². The Labute approximate surface area is 136 Å². The minimum absolute atomic E-state index is 0.217. The van der Waals surface area contributed by atoms with Crippen LogP contribution in [0.5, 0.6) is 0 Å². The smallest absolute Gasteiger partial charge is 0.195 e. The van der Waals surface area contributed by atoms with Crippen LogP contribution in [0, 0.1) is 0 Å². The summed E-state index contributed by atoms with van der Waals surface area (Å²) in [5.74, 6) is 0.793. The van der Waals surface area contributed by atoms with E-state index in [1.165, 1.54) is 5.69 Å². The van der Waals surface area contributed by atoms with Crippen molar-refractivity contribution in [3.05, 3.63) is 60.5 Å². The average molecular weight is 310 g/mol. The van der Waals surface area contributed by atoms with Crippen molar-refractivity contribution in [3.63, 3.8) is 0 Å². The normalized spacial score (nSPS) is 11.0. The van der Waals surface area contributed by atoms with Crippen LogP contribution >= 0.6 is 0 Å². The third kappa shape index (κ3) is 4.11. The molecule has 0 saturated heterocycles. The summed E-state index contributed by atoms with van der Waals surface area (Å²) < 4.78 is 5.77. The fourth-order valence-corrected chi connectivity index (χ4v) is 2.72. The summed E-state index contributed by atoms with van der Waals surface area (Å²) in [6, 6.07) is 18.2. The second kappa shape index (κ2) is 7.79. The maximum absolute atomic E-state index is 9.09. The number of fused-ring (bicyclic) bond motifs is 1. The monoisotopic (exact) mass is 310 g/mol. The van der Waals surface area contributed by atoms with E-state index in [1.54, 1.807) is 0 Å². The molecule has 0 amide bonds. The molecule has 0 unspecified atom stereocenters. The molecular weight excluding hydrogens is 288 g/mol. The van der Waals surface area contributed by atoms with Crippen LogP contribution in [0.4, 0.5) is 5.69 Å². The second-order valence-corrected chi connectivity index (χ2v) is 5.58. The van der Waals surface area contributed by atoms with Crippen molar-refractivity contribution in [2.45, 2.75) is 19.3 Å². The highest BCUT2D eigenvalue weighted by molar-refractivity contribution is 5.72. The molecule has 1 N–H and O–H groups in total. The average Bonchev–Trinajstić information content (AvgIpc) is 3.01. The highest BCUT2D eigenvalue weighted by Gasteiger charge is 2.08. The minimum Gasteiger partial charge on any atom is -0.441 e. The molecule has 0 aliphatic rings. The fourth-order valence-electron chi connectivity index (χ4n) is 2.72. The summed E-state index contributed by atoms with van der Waals surface area (Å²) in [6.07, 6.45) is 2.56. The van der Waals surface area contributed by atoms with Crippen molar-refractivity contribution in [1.82, 2.24) is 4.98 Å². The zero-order valence-electron chi connectivity index (χ0n) is 13.2. The molecule has 120 valence electrons. The van der Waals surface area contributed by atoms with Gasteiger partial charge in [-0.05, 0) is 37.1 Å². The molecule has 0 saturated carbocycles. The molecule has 0 bridgehead atoms. The lowest BCUT2D eigenvalue weighted by Crippen LogP contribution is -2.26. The molecule has 4 heteroatoms. The van der Waals surface area contributed by atoms with E-state index in [4.69, 9.17) is 9.52 Å². The number of oxazole rings is 1. The Bertz CT molecular complexity index is 691. The van der Waals surface area contributed by atoms with Crippen LogP contribution in [-0.4, -0.2) is 29.8 Å². The number of aliphatic hydroxyl groups is 1. The van der Waals surface area contributed by atoms with Gasteiger partial charge >= 0.3 is 0 Å². The third-order valence-corrected chi connectivity index (χ3v) is 3.86. The van der Waals surface area contributed by atoms with Gasteiger partial charge < -0.3 is 14.4 Å². The van der Waals surface area contributed by atoms with Crippen molar-refractivity contribution < 1.29 is 9.52 Å². The summed E-state index contributed by atoms with van der Waals surface area (Å²) in [6.45, 7) is 1.99. The Morgan fingerprint density at radius 2 is 1.65 bits per heavy atom. The van der Waals surface area contributed by atoms with Crippen LogP contribution in [0.1, 0.15) is 18.7 Å². The largest absolute Gasteiger partial charge is 0.441 e. The van der Waals surface area contributed by atoms with Crippen molar-refractivity contribution in [3.8, 4) is 0 Å². The first-order valence-corrected chi connectivity index (χ1v) is 8.12.